The van der Waals surface area contributed by atoms with Crippen LogP contribution in [0.3, 0.4) is 0 Å². The number of piperidine rings is 1. The summed E-state index contributed by atoms with van der Waals surface area (Å²) in [6.45, 7) is 1.44. The summed E-state index contributed by atoms with van der Waals surface area (Å²) in [7, 11) is -3.29. The van der Waals surface area contributed by atoms with Gasteiger partial charge in [0.15, 0.2) is 15.6 Å². The van der Waals surface area contributed by atoms with Crippen LogP contribution in [0.4, 0.5) is 0 Å². The Labute approximate surface area is 105 Å². The van der Waals surface area contributed by atoms with E-state index >= 15 is 0 Å². The van der Waals surface area contributed by atoms with Gasteiger partial charge in [0.1, 0.15) is 5.75 Å². The summed E-state index contributed by atoms with van der Waals surface area (Å²) < 4.78 is 24.1. The summed E-state index contributed by atoms with van der Waals surface area (Å²) in [5.41, 5.74) is 0. The highest BCUT2D eigenvalue weighted by Gasteiger charge is 2.29. The van der Waals surface area contributed by atoms with Crippen LogP contribution in [0.1, 0.15) is 22.5 Å². The number of sulfone groups is 1. The average Bonchev–Trinajstić information content (AvgIpc) is 2.83. The predicted octanol–water partition coefficient (Wildman–Crippen LogP) is 1.10. The minimum Gasteiger partial charge on any atom is -0.317 e. The maximum absolute atomic E-state index is 12.0. The molecular weight excluding hydrogens is 258 g/mol. The largest absolute Gasteiger partial charge is 0.317 e. The van der Waals surface area contributed by atoms with Gasteiger partial charge in [0.2, 0.25) is 0 Å². The number of hydrogen-bond donors (Lipinski definition) is 1. The molecule has 0 bridgehead atoms. The van der Waals surface area contributed by atoms with Gasteiger partial charge in [-0.05, 0) is 37.4 Å². The first-order chi connectivity index (χ1) is 8.09. The molecule has 6 heteroatoms. The Kier molecular flexibility index (Phi) is 3.96. The summed E-state index contributed by atoms with van der Waals surface area (Å²) in [5, 5.41) is 4.55. The van der Waals surface area contributed by atoms with Crippen LogP contribution in [0, 0.1) is 0 Å². The van der Waals surface area contributed by atoms with Crippen molar-refractivity contribution in [2.75, 3.05) is 18.8 Å². The molecule has 1 aromatic heterocycles. The van der Waals surface area contributed by atoms with Crippen molar-refractivity contribution in [2.24, 2.45) is 0 Å². The van der Waals surface area contributed by atoms with Crippen molar-refractivity contribution in [3.63, 3.8) is 0 Å². The summed E-state index contributed by atoms with van der Waals surface area (Å²) in [6, 6.07) is 3.43. The Balaban J connectivity index is 2.04. The number of thiophene rings is 1. The molecule has 1 saturated heterocycles. The number of carbonyl (C=O) groups excluding carboxylic acids is 1. The van der Waals surface area contributed by atoms with Gasteiger partial charge in [-0.15, -0.1) is 11.3 Å². The lowest BCUT2D eigenvalue weighted by Gasteiger charge is -2.22. The van der Waals surface area contributed by atoms with Gasteiger partial charge in [-0.2, -0.15) is 0 Å². The van der Waals surface area contributed by atoms with E-state index in [9.17, 15) is 13.2 Å². The van der Waals surface area contributed by atoms with E-state index in [1.165, 1.54) is 11.3 Å². The van der Waals surface area contributed by atoms with Crippen LogP contribution in [0.15, 0.2) is 17.5 Å². The smallest absolute Gasteiger partial charge is 0.187 e. The molecule has 0 amide bonds. The SMILES string of the molecule is O=C(CS(=O)(=O)C1CCNCC1)c1cccs1. The molecule has 4 nitrogen and oxygen atoms in total. The second kappa shape index (κ2) is 5.29. The van der Waals surface area contributed by atoms with E-state index in [0.717, 1.165) is 13.1 Å². The molecule has 0 aromatic carbocycles. The van der Waals surface area contributed by atoms with Crippen molar-refractivity contribution in [2.45, 2.75) is 18.1 Å². The highest BCUT2D eigenvalue weighted by atomic mass is 32.2. The van der Waals surface area contributed by atoms with Crippen molar-refractivity contribution in [1.29, 1.82) is 0 Å². The van der Waals surface area contributed by atoms with E-state index in [0.29, 0.717) is 17.7 Å². The number of Topliss-reactive ketones (excluding diaryl/α,β-unsaturated/α-hetero) is 1. The second-order valence-corrected chi connectivity index (χ2v) is 7.39. The molecule has 1 N–H and O–H groups in total. The molecule has 0 aliphatic carbocycles. The normalized spacial score (nSPS) is 18.1. The van der Waals surface area contributed by atoms with Crippen molar-refractivity contribution in [3.8, 4) is 0 Å². The number of rotatable bonds is 4. The van der Waals surface area contributed by atoms with Gasteiger partial charge in [0.25, 0.3) is 0 Å². The topological polar surface area (TPSA) is 63.2 Å². The van der Waals surface area contributed by atoms with Crippen molar-refractivity contribution in [1.82, 2.24) is 5.32 Å². The minimum absolute atomic E-state index is 0.279. The first-order valence-corrected chi connectivity index (χ1v) is 8.18. The molecule has 2 rings (SSSR count). The zero-order valence-electron chi connectivity index (χ0n) is 9.39. The van der Waals surface area contributed by atoms with E-state index in [1.54, 1.807) is 17.5 Å². The van der Waals surface area contributed by atoms with Gasteiger partial charge in [0.05, 0.1) is 10.1 Å². The molecule has 0 atom stereocenters. The van der Waals surface area contributed by atoms with Crippen LogP contribution in [-0.4, -0.2) is 38.3 Å². The first-order valence-electron chi connectivity index (χ1n) is 5.58. The van der Waals surface area contributed by atoms with Crippen molar-refractivity contribution < 1.29 is 13.2 Å². The maximum atomic E-state index is 12.0. The van der Waals surface area contributed by atoms with E-state index in [1.807, 2.05) is 0 Å². The van der Waals surface area contributed by atoms with E-state index < -0.39 is 9.84 Å². The van der Waals surface area contributed by atoms with Gasteiger partial charge in [-0.3, -0.25) is 4.79 Å². The number of carbonyl (C=O) groups is 1. The predicted molar refractivity (Wildman–Crippen MR) is 68.3 cm³/mol. The average molecular weight is 273 g/mol. The third-order valence-corrected chi connectivity index (χ3v) is 5.98. The molecule has 1 aromatic rings. The summed E-state index contributed by atoms with van der Waals surface area (Å²) in [6.07, 6.45) is 1.22. The van der Waals surface area contributed by atoms with Crippen LogP contribution in [-0.2, 0) is 9.84 Å². The zero-order chi connectivity index (χ0) is 12.3. The molecule has 1 fully saturated rings. The van der Waals surface area contributed by atoms with Crippen LogP contribution >= 0.6 is 11.3 Å². The fourth-order valence-corrected chi connectivity index (χ4v) is 4.43. The van der Waals surface area contributed by atoms with E-state index in [2.05, 4.69) is 5.32 Å². The molecular formula is C11H15NO3S2. The lowest BCUT2D eigenvalue weighted by Crippen LogP contribution is -2.38. The first kappa shape index (κ1) is 12.7. The zero-order valence-corrected chi connectivity index (χ0v) is 11.0. The summed E-state index contributed by atoms with van der Waals surface area (Å²) in [4.78, 5) is 12.3. The molecule has 1 aliphatic rings. The molecule has 0 unspecified atom stereocenters. The van der Waals surface area contributed by atoms with Crippen molar-refractivity contribution >= 4 is 27.0 Å². The number of ketones is 1. The Bertz CT molecular complexity index is 473. The van der Waals surface area contributed by atoms with Gasteiger partial charge < -0.3 is 5.32 Å². The second-order valence-electron chi connectivity index (χ2n) is 4.16. The van der Waals surface area contributed by atoms with Crippen LogP contribution in [0.2, 0.25) is 0 Å². The standard InChI is InChI=1S/C11H15NO3S2/c13-10(11-2-1-7-16-11)8-17(14,15)9-3-5-12-6-4-9/h1-2,7,9,12H,3-6,8H2. The molecule has 0 spiro atoms. The highest BCUT2D eigenvalue weighted by Crippen LogP contribution is 2.17. The van der Waals surface area contributed by atoms with Gasteiger partial charge in [-0.1, -0.05) is 6.07 Å². The highest BCUT2D eigenvalue weighted by molar-refractivity contribution is 7.92. The molecule has 17 heavy (non-hydrogen) atoms. The molecule has 2 heterocycles. The Hall–Kier alpha value is -0.720. The quantitative estimate of drug-likeness (QED) is 0.834. The van der Waals surface area contributed by atoms with E-state index in [4.69, 9.17) is 0 Å². The summed E-state index contributed by atoms with van der Waals surface area (Å²) in [5.74, 6) is -0.628. The fraction of sp³-hybridized carbons (Fsp3) is 0.545. The lowest BCUT2D eigenvalue weighted by atomic mass is 10.2. The third-order valence-electron chi connectivity index (χ3n) is 2.92. The van der Waals surface area contributed by atoms with E-state index in [-0.39, 0.29) is 16.8 Å². The fourth-order valence-electron chi connectivity index (χ4n) is 1.96. The molecule has 0 saturated carbocycles. The lowest BCUT2D eigenvalue weighted by molar-refractivity contribution is 0.102. The molecule has 94 valence electrons. The van der Waals surface area contributed by atoms with Crippen LogP contribution < -0.4 is 5.32 Å². The summed E-state index contributed by atoms with van der Waals surface area (Å²) >= 11 is 1.29. The molecule has 0 radical (unpaired) electrons. The minimum atomic E-state index is -3.29. The van der Waals surface area contributed by atoms with Crippen LogP contribution in [0.25, 0.3) is 0 Å². The maximum Gasteiger partial charge on any atom is 0.187 e. The van der Waals surface area contributed by atoms with Gasteiger partial charge >= 0.3 is 0 Å². The Morgan fingerprint density at radius 3 is 2.71 bits per heavy atom. The molecule has 1 aliphatic heterocycles. The number of nitrogens with one attached hydrogen (secondary N) is 1. The third kappa shape index (κ3) is 3.14. The van der Waals surface area contributed by atoms with Crippen molar-refractivity contribution in [3.05, 3.63) is 22.4 Å². The monoisotopic (exact) mass is 273 g/mol. The number of hydrogen-bond acceptors (Lipinski definition) is 5. The van der Waals surface area contributed by atoms with Gasteiger partial charge in [-0.25, -0.2) is 8.42 Å². The van der Waals surface area contributed by atoms with Crippen LogP contribution in [0.5, 0.6) is 0 Å². The Morgan fingerprint density at radius 2 is 2.12 bits per heavy atom. The Morgan fingerprint density at radius 1 is 1.41 bits per heavy atom. The van der Waals surface area contributed by atoms with Gasteiger partial charge in [0, 0.05) is 0 Å².